The molecule has 0 unspecified atom stereocenters. The van der Waals surface area contributed by atoms with Crippen LogP contribution >= 0.6 is 12.2 Å². The summed E-state index contributed by atoms with van der Waals surface area (Å²) < 4.78 is 4.46. The van der Waals surface area contributed by atoms with E-state index in [4.69, 9.17) is 12.2 Å². The Bertz CT molecular complexity index is 105. The van der Waals surface area contributed by atoms with Gasteiger partial charge in [-0.25, -0.2) is 0 Å². The minimum Gasteiger partial charge on any atom is -0.458 e. The average molecular weight is 115 g/mol. The molecule has 2 N–H and O–H groups in total. The van der Waals surface area contributed by atoms with Crippen LogP contribution in [0.2, 0.25) is 0 Å². The predicted molar refractivity (Wildman–Crippen MR) is 31.6 cm³/mol. The van der Waals surface area contributed by atoms with Gasteiger partial charge in [0.2, 0.25) is 0 Å². The van der Waals surface area contributed by atoms with Crippen LogP contribution in [0.4, 0.5) is 0 Å². The summed E-state index contributed by atoms with van der Waals surface area (Å²) in [5.41, 5.74) is 4.89. The molecule has 0 fully saturated rings. The van der Waals surface area contributed by atoms with Crippen molar-refractivity contribution in [3.8, 4) is 12.3 Å². The van der Waals surface area contributed by atoms with E-state index in [1.807, 2.05) is 0 Å². The molecule has 7 heavy (non-hydrogen) atoms. The van der Waals surface area contributed by atoms with Crippen LogP contribution in [0.15, 0.2) is 0 Å². The summed E-state index contributed by atoms with van der Waals surface area (Å²) in [4.78, 5) is 0. The first-order valence-electron chi connectivity index (χ1n) is 1.63. The monoisotopic (exact) mass is 115 g/mol. The van der Waals surface area contributed by atoms with Crippen LogP contribution in [0.3, 0.4) is 0 Å². The molecule has 0 saturated heterocycles. The second-order valence-corrected chi connectivity index (χ2v) is 1.21. The molecule has 0 saturated carbocycles. The molecular formula is C4H5NOS. The van der Waals surface area contributed by atoms with Crippen molar-refractivity contribution in [2.45, 2.75) is 0 Å². The molecule has 0 aromatic rings. The van der Waals surface area contributed by atoms with Gasteiger partial charge < -0.3 is 10.5 Å². The predicted octanol–water partition coefficient (Wildman–Crippen LogP) is -0.120. The fourth-order valence-corrected chi connectivity index (χ4v) is 0.172. The fraction of sp³-hybridized carbons (Fsp3) is 0.250. The van der Waals surface area contributed by atoms with Gasteiger partial charge in [-0.2, -0.15) is 0 Å². The van der Waals surface area contributed by atoms with E-state index in [0.717, 1.165) is 0 Å². The molecule has 0 aliphatic carbocycles. The van der Waals surface area contributed by atoms with E-state index < -0.39 is 0 Å². The third-order valence-electron chi connectivity index (χ3n) is 0.298. The number of hydrogen-bond acceptors (Lipinski definition) is 2. The minimum atomic E-state index is -0.00190. The zero-order chi connectivity index (χ0) is 5.70. The Morgan fingerprint density at radius 1 is 2.00 bits per heavy atom. The number of terminal acetylenes is 1. The van der Waals surface area contributed by atoms with Gasteiger partial charge in [0, 0.05) is 0 Å². The number of rotatable bonds is 1. The summed E-state index contributed by atoms with van der Waals surface area (Å²) in [5.74, 6) is 2.21. The molecule has 0 aromatic heterocycles. The van der Waals surface area contributed by atoms with E-state index in [-0.39, 0.29) is 11.8 Å². The summed E-state index contributed by atoms with van der Waals surface area (Å²) in [5, 5.41) is -0.00190. The maximum Gasteiger partial charge on any atom is 0.254 e. The Hall–Kier alpha value is -0.750. The van der Waals surface area contributed by atoms with Gasteiger partial charge in [-0.3, -0.25) is 0 Å². The van der Waals surface area contributed by atoms with Gasteiger partial charge in [0.25, 0.3) is 5.17 Å². The fourth-order valence-electron chi connectivity index (χ4n) is 0.113. The largest absolute Gasteiger partial charge is 0.458 e. The van der Waals surface area contributed by atoms with Crippen LogP contribution in [0, 0.1) is 12.3 Å². The highest BCUT2D eigenvalue weighted by Gasteiger charge is 1.79. The number of hydrogen-bond donors (Lipinski definition) is 1. The van der Waals surface area contributed by atoms with Crippen molar-refractivity contribution in [1.82, 2.24) is 0 Å². The van der Waals surface area contributed by atoms with Crippen LogP contribution in [0.25, 0.3) is 0 Å². The zero-order valence-electron chi connectivity index (χ0n) is 3.68. The Kier molecular flexibility index (Phi) is 3.07. The second-order valence-electron chi connectivity index (χ2n) is 0.812. The Morgan fingerprint density at radius 2 is 2.57 bits per heavy atom. The lowest BCUT2D eigenvalue weighted by Gasteiger charge is -1.92. The second kappa shape index (κ2) is 3.44. The van der Waals surface area contributed by atoms with E-state index in [1.54, 1.807) is 0 Å². The van der Waals surface area contributed by atoms with Crippen molar-refractivity contribution in [3.05, 3.63) is 0 Å². The highest BCUT2D eigenvalue weighted by Crippen LogP contribution is 1.68. The lowest BCUT2D eigenvalue weighted by atomic mass is 10.8. The third-order valence-corrected chi connectivity index (χ3v) is 0.416. The Morgan fingerprint density at radius 3 is 2.71 bits per heavy atom. The Balaban J connectivity index is 3.02. The molecule has 0 aliphatic rings. The summed E-state index contributed by atoms with van der Waals surface area (Å²) >= 11 is 4.32. The molecule has 0 bridgehead atoms. The van der Waals surface area contributed by atoms with Gasteiger partial charge in [0.1, 0.15) is 0 Å². The van der Waals surface area contributed by atoms with Crippen LogP contribution in [0.5, 0.6) is 0 Å². The van der Waals surface area contributed by atoms with Crippen molar-refractivity contribution in [3.63, 3.8) is 0 Å². The topological polar surface area (TPSA) is 35.2 Å². The van der Waals surface area contributed by atoms with Crippen molar-refractivity contribution >= 4 is 17.4 Å². The van der Waals surface area contributed by atoms with Gasteiger partial charge in [0.05, 0.1) is 0 Å². The molecule has 0 atom stereocenters. The standard InChI is InChI=1S/C4H5NOS/c1-2-3-6-4(5)7/h1H,3H2,(H2,5,7). The Labute approximate surface area is 47.6 Å². The van der Waals surface area contributed by atoms with E-state index in [1.165, 1.54) is 0 Å². The van der Waals surface area contributed by atoms with Crippen molar-refractivity contribution in [1.29, 1.82) is 0 Å². The molecule has 0 rings (SSSR count). The lowest BCUT2D eigenvalue weighted by Crippen LogP contribution is -2.12. The molecule has 0 radical (unpaired) electrons. The van der Waals surface area contributed by atoms with Gasteiger partial charge in [-0.05, 0) is 12.2 Å². The summed E-state index contributed by atoms with van der Waals surface area (Å²) in [6.07, 6.45) is 4.79. The highest BCUT2D eigenvalue weighted by atomic mass is 32.1. The van der Waals surface area contributed by atoms with Gasteiger partial charge in [0.15, 0.2) is 6.61 Å². The van der Waals surface area contributed by atoms with Crippen LogP contribution in [-0.2, 0) is 4.74 Å². The van der Waals surface area contributed by atoms with E-state index in [2.05, 4.69) is 22.9 Å². The normalized spacial score (nSPS) is 6.71. The van der Waals surface area contributed by atoms with Crippen molar-refractivity contribution in [2.24, 2.45) is 5.73 Å². The lowest BCUT2D eigenvalue weighted by molar-refractivity contribution is 0.362. The van der Waals surface area contributed by atoms with Crippen LogP contribution < -0.4 is 5.73 Å². The molecular weight excluding hydrogens is 110 g/mol. The third kappa shape index (κ3) is 5.25. The number of thiocarbonyl (C=S) groups is 1. The van der Waals surface area contributed by atoms with Crippen molar-refractivity contribution < 1.29 is 4.74 Å². The van der Waals surface area contributed by atoms with Gasteiger partial charge in [-0.1, -0.05) is 5.92 Å². The van der Waals surface area contributed by atoms with E-state index in [9.17, 15) is 0 Å². The van der Waals surface area contributed by atoms with Crippen molar-refractivity contribution in [2.75, 3.05) is 6.61 Å². The summed E-state index contributed by atoms with van der Waals surface area (Å²) in [7, 11) is 0. The summed E-state index contributed by atoms with van der Waals surface area (Å²) in [6, 6.07) is 0. The number of ether oxygens (including phenoxy) is 1. The zero-order valence-corrected chi connectivity index (χ0v) is 4.49. The molecule has 0 aliphatic heterocycles. The quantitative estimate of drug-likeness (QED) is 0.382. The first-order chi connectivity index (χ1) is 3.27. The summed E-state index contributed by atoms with van der Waals surface area (Å²) in [6.45, 7) is 0.162. The van der Waals surface area contributed by atoms with E-state index >= 15 is 0 Å². The molecule has 3 heteroatoms. The van der Waals surface area contributed by atoms with Crippen LogP contribution in [-0.4, -0.2) is 11.8 Å². The molecule has 0 amide bonds. The molecule has 0 aromatic carbocycles. The van der Waals surface area contributed by atoms with E-state index in [0.29, 0.717) is 0 Å². The number of nitrogens with two attached hydrogens (primary N) is 1. The van der Waals surface area contributed by atoms with Gasteiger partial charge >= 0.3 is 0 Å². The average Bonchev–Trinajstić information content (AvgIpc) is 1.61. The maximum atomic E-state index is 4.89. The molecule has 0 spiro atoms. The molecule has 38 valence electrons. The highest BCUT2D eigenvalue weighted by molar-refractivity contribution is 7.80. The maximum absolute atomic E-state index is 4.89. The molecule has 2 nitrogen and oxygen atoms in total. The first kappa shape index (κ1) is 6.25. The minimum absolute atomic E-state index is 0.00190. The first-order valence-corrected chi connectivity index (χ1v) is 2.04. The van der Waals surface area contributed by atoms with Crippen LogP contribution in [0.1, 0.15) is 0 Å². The molecule has 0 heterocycles. The SMILES string of the molecule is C#CCOC(N)=S. The van der Waals surface area contributed by atoms with Gasteiger partial charge in [-0.15, -0.1) is 6.42 Å². The smallest absolute Gasteiger partial charge is 0.254 e.